The second kappa shape index (κ2) is 22.6. The van der Waals surface area contributed by atoms with Crippen molar-refractivity contribution in [1.82, 2.24) is 0 Å². The van der Waals surface area contributed by atoms with Crippen LogP contribution in [0.4, 0.5) is 0 Å². The fourth-order valence-electron chi connectivity index (χ4n) is 0. The van der Waals surface area contributed by atoms with Crippen molar-refractivity contribution in [2.75, 3.05) is 0 Å². The first-order valence-corrected chi connectivity index (χ1v) is 10.6. The summed E-state index contributed by atoms with van der Waals surface area (Å²) in [6, 6.07) is 0. The topological polar surface area (TPSA) is 0 Å². The van der Waals surface area contributed by atoms with E-state index in [-0.39, 0.29) is 0 Å². The van der Waals surface area contributed by atoms with Crippen molar-refractivity contribution in [1.29, 1.82) is 0 Å². The van der Waals surface area contributed by atoms with Gasteiger partial charge in [-0.25, -0.2) is 0 Å². The van der Waals surface area contributed by atoms with E-state index in [1.54, 1.807) is 0 Å². The molecule has 0 saturated carbocycles. The molecule has 2 heteroatoms. The average Bonchev–Trinajstić information content (AvgIpc) is 1.50. The maximum absolute atomic E-state index is 2.21. The van der Waals surface area contributed by atoms with Crippen LogP contribution in [-0.2, 0) is 0 Å². The molecular formula is C2H9InSn. The molecule has 4 heavy (non-hydrogen) atoms. The summed E-state index contributed by atoms with van der Waals surface area (Å²) in [6.07, 6.45) is 0. The summed E-state index contributed by atoms with van der Waals surface area (Å²) in [6.45, 7) is 0. The Morgan fingerprint density at radius 2 is 1.25 bits per heavy atom. The van der Waals surface area contributed by atoms with Gasteiger partial charge in [0.05, 0.1) is 0 Å². The Labute approximate surface area is 56.0 Å². The molecular weight excluding hydrogens is 258 g/mol. The molecule has 0 rings (SSSR count). The molecule has 0 aromatic carbocycles. The zero-order valence-corrected chi connectivity index (χ0v) is 12.6. The van der Waals surface area contributed by atoms with Crippen LogP contribution in [0.15, 0.2) is 0 Å². The normalized spacial score (nSPS) is 2.75. The van der Waals surface area contributed by atoms with Crippen molar-refractivity contribution in [3.8, 4) is 0 Å². The van der Waals surface area contributed by atoms with Crippen molar-refractivity contribution in [2.24, 2.45) is 0 Å². The molecule has 0 aromatic heterocycles. The molecule has 0 nitrogen and oxygen atoms in total. The van der Waals surface area contributed by atoms with Crippen LogP contribution >= 0.6 is 0 Å². The van der Waals surface area contributed by atoms with Crippen LogP contribution in [0.1, 0.15) is 0 Å². The number of hydrogen-bond donors (Lipinski definition) is 0. The molecule has 0 bridgehead atoms. The first-order chi connectivity index (χ1) is 2.00. The van der Waals surface area contributed by atoms with Gasteiger partial charge in [0.1, 0.15) is 0 Å². The Morgan fingerprint density at radius 3 is 1.25 bits per heavy atom. The molecule has 24 valence electrons. The number of hydrogen-bond acceptors (Lipinski definition) is 0. The van der Waals surface area contributed by atoms with Gasteiger partial charge >= 0.3 is 56.5 Å². The first-order valence-electron chi connectivity index (χ1n) is 1.58. The molecule has 0 amide bonds. The summed E-state index contributed by atoms with van der Waals surface area (Å²) < 4.78 is 2.21. The fraction of sp³-hybridized carbons (Fsp3) is 1.00. The molecule has 0 atom stereocenters. The molecule has 0 N–H and O–H groups in total. The Bertz CT molecular complexity index is 6.00. The third kappa shape index (κ3) is 9.38. The van der Waals surface area contributed by atoms with Crippen LogP contribution < -0.4 is 0 Å². The van der Waals surface area contributed by atoms with E-state index >= 15 is 0 Å². The minimum atomic E-state index is 0.950. The predicted molar refractivity (Wildman–Crippen MR) is 27.4 cm³/mol. The Balaban J connectivity index is 0. The standard InChI is InChI=1S/2CH3.In.Sn.3H/h2*1H3;;;;;. The molecule has 0 spiro atoms. The van der Waals surface area contributed by atoms with Crippen LogP contribution in [-0.4, -0.2) is 46.9 Å². The second-order valence-electron chi connectivity index (χ2n) is 0. The van der Waals surface area contributed by atoms with Crippen LogP contribution in [0.3, 0.4) is 0 Å². The quantitative estimate of drug-likeness (QED) is 0.524. The van der Waals surface area contributed by atoms with Crippen molar-refractivity contribution in [2.45, 2.75) is 9.62 Å². The fourth-order valence-corrected chi connectivity index (χ4v) is 0. The molecule has 0 aromatic rings. The van der Waals surface area contributed by atoms with Crippen molar-refractivity contribution in [3.05, 3.63) is 0 Å². The van der Waals surface area contributed by atoms with E-state index < -0.39 is 0 Å². The number of rotatable bonds is 0. The molecule has 0 fully saturated rings. The molecule has 0 unspecified atom stereocenters. The van der Waals surface area contributed by atoms with Crippen molar-refractivity contribution < 1.29 is 0 Å². The van der Waals surface area contributed by atoms with Gasteiger partial charge in [0, 0.05) is 0 Å². The zero-order valence-electron chi connectivity index (χ0n) is 3.58. The van der Waals surface area contributed by atoms with Gasteiger partial charge in [0.15, 0.2) is 0 Å². The average molecular weight is 267 g/mol. The molecule has 0 aliphatic rings. The summed E-state index contributed by atoms with van der Waals surface area (Å²) in [7, 11) is 0. The molecule has 2 radical (unpaired) electrons. The zero-order chi connectivity index (χ0) is 4.00. The molecule has 0 aliphatic heterocycles. The van der Waals surface area contributed by atoms with Crippen LogP contribution in [0, 0.1) is 0 Å². The van der Waals surface area contributed by atoms with Gasteiger partial charge in [-0.15, -0.1) is 0 Å². The maximum atomic E-state index is 2.21. The van der Waals surface area contributed by atoms with Gasteiger partial charge in [0.25, 0.3) is 0 Å². The van der Waals surface area contributed by atoms with Gasteiger partial charge in [-0.05, 0) is 0 Å². The van der Waals surface area contributed by atoms with Crippen LogP contribution in [0.5, 0.6) is 0 Å². The summed E-state index contributed by atoms with van der Waals surface area (Å²) in [4.78, 5) is 2.13. The van der Waals surface area contributed by atoms with E-state index in [9.17, 15) is 0 Å². The van der Waals surface area contributed by atoms with Gasteiger partial charge in [-0.1, -0.05) is 0 Å². The van der Waals surface area contributed by atoms with E-state index in [1.165, 1.54) is 22.5 Å². The Kier molecular flexibility index (Phi) is 51.8. The van der Waals surface area contributed by atoms with E-state index in [1.807, 2.05) is 0 Å². The van der Waals surface area contributed by atoms with Gasteiger partial charge in [0.2, 0.25) is 0 Å². The first kappa shape index (κ1) is 9.18. The Hall–Kier alpha value is 1.67. The summed E-state index contributed by atoms with van der Waals surface area (Å²) in [5.74, 6) is 0. The molecule has 0 saturated heterocycles. The van der Waals surface area contributed by atoms with Crippen LogP contribution in [0.2, 0.25) is 9.62 Å². The predicted octanol–water partition coefficient (Wildman–Crippen LogP) is -0.397. The summed E-state index contributed by atoms with van der Waals surface area (Å²) in [5, 5.41) is 0. The third-order valence-corrected chi connectivity index (χ3v) is 0. The van der Waals surface area contributed by atoms with Gasteiger partial charge in [-0.2, -0.15) is 0 Å². The van der Waals surface area contributed by atoms with Gasteiger partial charge < -0.3 is 0 Å². The second-order valence-corrected chi connectivity index (χ2v) is 0. The third-order valence-electron chi connectivity index (χ3n) is 0. The summed E-state index contributed by atoms with van der Waals surface area (Å²) >= 11 is 2.30. The molecule has 0 heterocycles. The summed E-state index contributed by atoms with van der Waals surface area (Å²) in [5.41, 5.74) is 0. The van der Waals surface area contributed by atoms with Crippen molar-refractivity contribution >= 4 is 46.9 Å². The van der Waals surface area contributed by atoms with E-state index in [4.69, 9.17) is 0 Å². The van der Waals surface area contributed by atoms with Crippen LogP contribution in [0.25, 0.3) is 0 Å². The minimum absolute atomic E-state index is 0.950. The van der Waals surface area contributed by atoms with Crippen molar-refractivity contribution in [3.63, 3.8) is 0 Å². The van der Waals surface area contributed by atoms with E-state index in [2.05, 4.69) is 9.62 Å². The molecule has 0 aliphatic carbocycles. The monoisotopic (exact) mass is 268 g/mol. The van der Waals surface area contributed by atoms with Gasteiger partial charge in [-0.3, -0.25) is 0 Å². The van der Waals surface area contributed by atoms with E-state index in [0.717, 1.165) is 24.4 Å². The van der Waals surface area contributed by atoms with E-state index in [0.29, 0.717) is 0 Å². The SMILES string of the molecule is [CH3][InH2].[CH3][SnH]. The Morgan fingerprint density at radius 1 is 1.25 bits per heavy atom.